The molecule has 126 valence electrons. The lowest BCUT2D eigenvalue weighted by atomic mass is 9.77. The summed E-state index contributed by atoms with van der Waals surface area (Å²) in [6.45, 7) is 15.2. The average molecular weight is 306 g/mol. The molecule has 1 aromatic rings. The lowest BCUT2D eigenvalue weighted by molar-refractivity contribution is 0.322. The van der Waals surface area contributed by atoms with Crippen molar-refractivity contribution < 1.29 is 4.74 Å². The monoisotopic (exact) mass is 306 g/mol. The number of nitrogens with two attached hydrogens (primary N) is 2. The Bertz CT molecular complexity index is 461. The van der Waals surface area contributed by atoms with Crippen molar-refractivity contribution >= 4 is 0 Å². The van der Waals surface area contributed by atoms with Crippen molar-refractivity contribution in [2.45, 2.75) is 52.9 Å². The van der Waals surface area contributed by atoms with Gasteiger partial charge in [0.1, 0.15) is 5.75 Å². The van der Waals surface area contributed by atoms with Crippen molar-refractivity contribution in [3.63, 3.8) is 0 Å². The van der Waals surface area contributed by atoms with E-state index in [2.05, 4.69) is 52.8 Å². The third-order valence-electron chi connectivity index (χ3n) is 4.78. The predicted molar refractivity (Wildman–Crippen MR) is 95.5 cm³/mol. The SMILES string of the molecule is CCOc1ccc(C(C)C(C)C(CN)CN)cc1C(C)(C)C. The Hall–Kier alpha value is -1.06. The molecule has 1 rings (SSSR count). The average Bonchev–Trinajstić information content (AvgIpc) is 2.47. The molecule has 3 nitrogen and oxygen atoms in total. The van der Waals surface area contributed by atoms with Gasteiger partial charge in [0.15, 0.2) is 0 Å². The number of rotatable bonds is 7. The fraction of sp³-hybridized carbons (Fsp3) is 0.684. The second-order valence-electron chi connectivity index (χ2n) is 7.32. The normalized spacial score (nSPS) is 15.0. The number of benzene rings is 1. The summed E-state index contributed by atoms with van der Waals surface area (Å²) in [4.78, 5) is 0. The molecule has 2 unspecified atom stereocenters. The first-order valence-corrected chi connectivity index (χ1v) is 8.43. The Morgan fingerprint density at radius 3 is 2.14 bits per heavy atom. The highest BCUT2D eigenvalue weighted by Crippen LogP contribution is 2.36. The molecule has 1 aromatic carbocycles. The van der Waals surface area contributed by atoms with E-state index in [-0.39, 0.29) is 5.41 Å². The highest BCUT2D eigenvalue weighted by atomic mass is 16.5. The van der Waals surface area contributed by atoms with Crippen LogP contribution in [0.5, 0.6) is 5.75 Å². The molecule has 2 atom stereocenters. The maximum atomic E-state index is 5.86. The smallest absolute Gasteiger partial charge is 0.123 e. The number of ether oxygens (including phenoxy) is 1. The molecule has 0 bridgehead atoms. The summed E-state index contributed by atoms with van der Waals surface area (Å²) in [6, 6.07) is 6.60. The van der Waals surface area contributed by atoms with E-state index in [1.807, 2.05) is 6.92 Å². The van der Waals surface area contributed by atoms with E-state index in [0.717, 1.165) is 5.75 Å². The van der Waals surface area contributed by atoms with Gasteiger partial charge in [-0.05, 0) is 60.4 Å². The van der Waals surface area contributed by atoms with E-state index in [0.29, 0.717) is 37.5 Å². The van der Waals surface area contributed by atoms with Gasteiger partial charge in [0, 0.05) is 0 Å². The third-order valence-corrected chi connectivity index (χ3v) is 4.78. The van der Waals surface area contributed by atoms with Crippen LogP contribution in [0.3, 0.4) is 0 Å². The van der Waals surface area contributed by atoms with Crippen LogP contribution in [0, 0.1) is 11.8 Å². The first kappa shape index (κ1) is 19.0. The molecule has 0 fully saturated rings. The van der Waals surface area contributed by atoms with Gasteiger partial charge in [-0.3, -0.25) is 0 Å². The molecular formula is C19H34N2O. The number of hydrogen-bond acceptors (Lipinski definition) is 3. The van der Waals surface area contributed by atoms with Gasteiger partial charge in [-0.1, -0.05) is 46.8 Å². The molecule has 0 aliphatic heterocycles. The first-order chi connectivity index (χ1) is 10.3. The van der Waals surface area contributed by atoms with Gasteiger partial charge in [-0.2, -0.15) is 0 Å². The van der Waals surface area contributed by atoms with Gasteiger partial charge in [0.2, 0.25) is 0 Å². The van der Waals surface area contributed by atoms with Gasteiger partial charge in [-0.25, -0.2) is 0 Å². The predicted octanol–water partition coefficient (Wildman–Crippen LogP) is 3.66. The van der Waals surface area contributed by atoms with Gasteiger partial charge in [-0.15, -0.1) is 0 Å². The third kappa shape index (κ3) is 4.47. The lowest BCUT2D eigenvalue weighted by Gasteiger charge is -2.29. The van der Waals surface area contributed by atoms with Crippen molar-refractivity contribution in [1.29, 1.82) is 0 Å². The first-order valence-electron chi connectivity index (χ1n) is 8.43. The van der Waals surface area contributed by atoms with Crippen molar-refractivity contribution in [3.05, 3.63) is 29.3 Å². The summed E-state index contributed by atoms with van der Waals surface area (Å²) in [6.07, 6.45) is 0. The maximum absolute atomic E-state index is 5.86. The van der Waals surface area contributed by atoms with Gasteiger partial charge in [0.05, 0.1) is 6.61 Å². The Labute approximate surface area is 136 Å². The van der Waals surface area contributed by atoms with Crippen molar-refractivity contribution in [2.75, 3.05) is 19.7 Å². The lowest BCUT2D eigenvalue weighted by Crippen LogP contribution is -2.31. The van der Waals surface area contributed by atoms with Crippen LogP contribution in [0.1, 0.15) is 58.6 Å². The quantitative estimate of drug-likeness (QED) is 0.808. The standard InChI is InChI=1S/C19H34N2O/c1-7-22-18-9-8-15(10-17(18)19(4,5)6)13(2)14(3)16(11-20)12-21/h8-10,13-14,16H,7,11-12,20-21H2,1-6H3. The molecule has 22 heavy (non-hydrogen) atoms. The minimum absolute atomic E-state index is 0.0601. The fourth-order valence-corrected chi connectivity index (χ4v) is 2.94. The van der Waals surface area contributed by atoms with Gasteiger partial charge in [0.25, 0.3) is 0 Å². The van der Waals surface area contributed by atoms with Crippen molar-refractivity contribution in [2.24, 2.45) is 23.3 Å². The highest BCUT2D eigenvalue weighted by Gasteiger charge is 2.25. The van der Waals surface area contributed by atoms with Crippen LogP contribution in [0.15, 0.2) is 18.2 Å². The Balaban J connectivity index is 3.15. The Kier molecular flexibility index (Phi) is 6.89. The van der Waals surface area contributed by atoms with Gasteiger partial charge >= 0.3 is 0 Å². The molecule has 0 aromatic heterocycles. The Morgan fingerprint density at radius 2 is 1.68 bits per heavy atom. The zero-order chi connectivity index (χ0) is 16.9. The summed E-state index contributed by atoms with van der Waals surface area (Å²) in [5.74, 6) is 2.24. The zero-order valence-corrected chi connectivity index (χ0v) is 15.1. The van der Waals surface area contributed by atoms with Crippen molar-refractivity contribution in [1.82, 2.24) is 0 Å². The fourth-order valence-electron chi connectivity index (χ4n) is 2.94. The van der Waals surface area contributed by atoms with Crippen LogP contribution in [-0.2, 0) is 5.41 Å². The van der Waals surface area contributed by atoms with E-state index < -0.39 is 0 Å². The van der Waals surface area contributed by atoms with E-state index >= 15 is 0 Å². The van der Waals surface area contributed by atoms with Crippen LogP contribution in [-0.4, -0.2) is 19.7 Å². The summed E-state index contributed by atoms with van der Waals surface area (Å²) in [5.41, 5.74) is 14.4. The molecule has 3 heteroatoms. The molecule has 0 amide bonds. The minimum atomic E-state index is 0.0601. The molecule has 0 aliphatic rings. The topological polar surface area (TPSA) is 61.3 Å². The molecular weight excluding hydrogens is 272 g/mol. The second kappa shape index (κ2) is 7.98. The highest BCUT2D eigenvalue weighted by molar-refractivity contribution is 5.42. The molecule has 0 heterocycles. The van der Waals surface area contributed by atoms with E-state index in [9.17, 15) is 0 Å². The largest absolute Gasteiger partial charge is 0.494 e. The summed E-state index contributed by atoms with van der Waals surface area (Å²) < 4.78 is 5.81. The van der Waals surface area contributed by atoms with E-state index in [1.165, 1.54) is 11.1 Å². The molecule has 0 saturated carbocycles. The number of hydrogen-bond donors (Lipinski definition) is 2. The summed E-state index contributed by atoms with van der Waals surface area (Å²) >= 11 is 0. The van der Waals surface area contributed by atoms with E-state index in [1.54, 1.807) is 0 Å². The minimum Gasteiger partial charge on any atom is -0.494 e. The van der Waals surface area contributed by atoms with Crippen LogP contribution in [0.2, 0.25) is 0 Å². The van der Waals surface area contributed by atoms with Crippen LogP contribution >= 0.6 is 0 Å². The maximum Gasteiger partial charge on any atom is 0.123 e. The molecule has 0 saturated heterocycles. The van der Waals surface area contributed by atoms with E-state index in [4.69, 9.17) is 16.2 Å². The molecule has 0 radical (unpaired) electrons. The molecule has 0 aliphatic carbocycles. The van der Waals surface area contributed by atoms with Crippen molar-refractivity contribution in [3.8, 4) is 5.75 Å². The van der Waals surface area contributed by atoms with Crippen LogP contribution in [0.25, 0.3) is 0 Å². The molecule has 4 N–H and O–H groups in total. The Morgan fingerprint density at radius 1 is 1.09 bits per heavy atom. The summed E-state index contributed by atoms with van der Waals surface area (Å²) in [5, 5.41) is 0. The zero-order valence-electron chi connectivity index (χ0n) is 15.1. The summed E-state index contributed by atoms with van der Waals surface area (Å²) in [7, 11) is 0. The second-order valence-corrected chi connectivity index (χ2v) is 7.32. The van der Waals surface area contributed by atoms with Crippen LogP contribution < -0.4 is 16.2 Å². The van der Waals surface area contributed by atoms with Gasteiger partial charge < -0.3 is 16.2 Å². The molecule has 0 spiro atoms. The van der Waals surface area contributed by atoms with Crippen LogP contribution in [0.4, 0.5) is 0 Å².